The van der Waals surface area contributed by atoms with Gasteiger partial charge in [-0.15, -0.1) is 0 Å². The number of carbonyl (C=O) groups is 3. The van der Waals surface area contributed by atoms with E-state index in [1.807, 2.05) is 0 Å². The number of rotatable bonds is 5. The van der Waals surface area contributed by atoms with E-state index in [1.54, 1.807) is 48.5 Å². The predicted molar refractivity (Wildman–Crippen MR) is 85.2 cm³/mol. The summed E-state index contributed by atoms with van der Waals surface area (Å²) >= 11 is 0. The number of ketones is 2. The summed E-state index contributed by atoms with van der Waals surface area (Å²) in [5.41, 5.74) is 2.63. The Balaban J connectivity index is 2.05. The van der Waals surface area contributed by atoms with Crippen LogP contribution in [0.2, 0.25) is 0 Å². The summed E-state index contributed by atoms with van der Waals surface area (Å²) in [6, 6.07) is 13.7. The Kier molecular flexibility index (Phi) is 4.84. The minimum Gasteiger partial charge on any atom is -0.322 e. The standard InChI is InChI=1S/C18H17NO3/c1-12(20)11-14-3-5-16(6-4-14)18(22)19-17-9-7-15(8-10-17)13(2)21/h3-10H,11H2,1-2H3,(H,19,22). The normalized spacial score (nSPS) is 10.1. The third kappa shape index (κ3) is 4.12. The SMILES string of the molecule is CC(=O)Cc1ccc(C(=O)Nc2ccc(C(C)=O)cc2)cc1. The predicted octanol–water partition coefficient (Wildman–Crippen LogP) is 3.27. The maximum atomic E-state index is 12.1. The van der Waals surface area contributed by atoms with Gasteiger partial charge in [-0.1, -0.05) is 12.1 Å². The van der Waals surface area contributed by atoms with Gasteiger partial charge in [0.05, 0.1) is 0 Å². The highest BCUT2D eigenvalue weighted by molar-refractivity contribution is 6.04. The van der Waals surface area contributed by atoms with Gasteiger partial charge in [-0.05, 0) is 55.8 Å². The van der Waals surface area contributed by atoms with E-state index in [4.69, 9.17) is 0 Å². The summed E-state index contributed by atoms with van der Waals surface area (Å²) in [7, 11) is 0. The van der Waals surface area contributed by atoms with Crippen molar-refractivity contribution in [3.05, 3.63) is 65.2 Å². The number of anilines is 1. The van der Waals surface area contributed by atoms with E-state index in [0.717, 1.165) is 5.56 Å². The first-order chi connectivity index (χ1) is 10.5. The van der Waals surface area contributed by atoms with Crippen LogP contribution < -0.4 is 5.32 Å². The van der Waals surface area contributed by atoms with Gasteiger partial charge in [0, 0.05) is 23.2 Å². The van der Waals surface area contributed by atoms with E-state index in [1.165, 1.54) is 13.8 Å². The molecule has 4 nitrogen and oxygen atoms in total. The van der Waals surface area contributed by atoms with Crippen LogP contribution in [0.3, 0.4) is 0 Å². The lowest BCUT2D eigenvalue weighted by atomic mass is 10.1. The zero-order chi connectivity index (χ0) is 16.1. The van der Waals surface area contributed by atoms with E-state index in [2.05, 4.69) is 5.32 Å². The monoisotopic (exact) mass is 295 g/mol. The van der Waals surface area contributed by atoms with Crippen LogP contribution in [0.5, 0.6) is 0 Å². The topological polar surface area (TPSA) is 63.2 Å². The lowest BCUT2D eigenvalue weighted by Gasteiger charge is -2.06. The third-order valence-corrected chi connectivity index (χ3v) is 3.22. The number of amides is 1. The molecule has 0 saturated carbocycles. The zero-order valence-corrected chi connectivity index (χ0v) is 12.6. The van der Waals surface area contributed by atoms with Crippen LogP contribution in [-0.4, -0.2) is 17.5 Å². The number of benzene rings is 2. The van der Waals surface area contributed by atoms with E-state index >= 15 is 0 Å². The molecule has 0 atom stereocenters. The van der Waals surface area contributed by atoms with Crippen molar-refractivity contribution in [1.29, 1.82) is 0 Å². The first kappa shape index (κ1) is 15.6. The fraction of sp³-hybridized carbons (Fsp3) is 0.167. The van der Waals surface area contributed by atoms with Crippen LogP contribution >= 0.6 is 0 Å². The maximum absolute atomic E-state index is 12.1. The van der Waals surface area contributed by atoms with Gasteiger partial charge in [0.15, 0.2) is 5.78 Å². The fourth-order valence-corrected chi connectivity index (χ4v) is 2.05. The highest BCUT2D eigenvalue weighted by Gasteiger charge is 2.07. The molecule has 1 N–H and O–H groups in total. The average molecular weight is 295 g/mol. The van der Waals surface area contributed by atoms with E-state index < -0.39 is 0 Å². The fourth-order valence-electron chi connectivity index (χ4n) is 2.05. The van der Waals surface area contributed by atoms with Gasteiger partial charge < -0.3 is 5.32 Å². The molecule has 0 spiro atoms. The van der Waals surface area contributed by atoms with Gasteiger partial charge in [-0.25, -0.2) is 0 Å². The molecule has 1 amide bonds. The van der Waals surface area contributed by atoms with E-state index in [9.17, 15) is 14.4 Å². The van der Waals surface area contributed by atoms with E-state index in [-0.39, 0.29) is 17.5 Å². The van der Waals surface area contributed by atoms with Crippen LogP contribution in [0.25, 0.3) is 0 Å². The Morgan fingerprint density at radius 3 is 1.86 bits per heavy atom. The molecule has 112 valence electrons. The lowest BCUT2D eigenvalue weighted by Crippen LogP contribution is -2.12. The summed E-state index contributed by atoms with van der Waals surface area (Å²) < 4.78 is 0. The lowest BCUT2D eigenvalue weighted by molar-refractivity contribution is -0.116. The Bertz CT molecular complexity index is 700. The molecule has 2 rings (SSSR count). The Labute approximate surface area is 129 Å². The van der Waals surface area contributed by atoms with Crippen molar-refractivity contribution in [2.24, 2.45) is 0 Å². The minimum absolute atomic E-state index is 0.0149. The van der Waals surface area contributed by atoms with Crippen LogP contribution in [0.1, 0.15) is 40.1 Å². The largest absolute Gasteiger partial charge is 0.322 e. The Morgan fingerprint density at radius 1 is 0.818 bits per heavy atom. The molecule has 0 aliphatic carbocycles. The second-order valence-electron chi connectivity index (χ2n) is 5.16. The maximum Gasteiger partial charge on any atom is 0.255 e. The molecule has 0 bridgehead atoms. The van der Waals surface area contributed by atoms with Crippen LogP contribution in [0.4, 0.5) is 5.69 Å². The highest BCUT2D eigenvalue weighted by atomic mass is 16.1. The molecule has 0 aliphatic rings. The Morgan fingerprint density at radius 2 is 1.36 bits per heavy atom. The van der Waals surface area contributed by atoms with Gasteiger partial charge in [0.1, 0.15) is 5.78 Å². The summed E-state index contributed by atoms with van der Waals surface area (Å²) in [5, 5.41) is 2.77. The van der Waals surface area contributed by atoms with Crippen LogP contribution in [0, 0.1) is 0 Å². The van der Waals surface area contributed by atoms with Crippen molar-refractivity contribution in [2.45, 2.75) is 20.3 Å². The molecule has 4 heteroatoms. The molecule has 0 heterocycles. The number of Topliss-reactive ketones (excluding diaryl/α,β-unsaturated/α-hetero) is 2. The number of hydrogen-bond donors (Lipinski definition) is 1. The van der Waals surface area contributed by atoms with Crippen LogP contribution in [0.15, 0.2) is 48.5 Å². The number of nitrogens with one attached hydrogen (secondary N) is 1. The van der Waals surface area contributed by atoms with Crippen molar-refractivity contribution in [1.82, 2.24) is 0 Å². The second kappa shape index (κ2) is 6.80. The zero-order valence-electron chi connectivity index (χ0n) is 12.6. The Hall–Kier alpha value is -2.75. The first-order valence-corrected chi connectivity index (χ1v) is 6.96. The van der Waals surface area contributed by atoms with Gasteiger partial charge in [-0.3, -0.25) is 14.4 Å². The van der Waals surface area contributed by atoms with Gasteiger partial charge >= 0.3 is 0 Å². The summed E-state index contributed by atoms with van der Waals surface area (Å²) in [6.07, 6.45) is 0.369. The molecular weight excluding hydrogens is 278 g/mol. The van der Waals surface area contributed by atoms with Crippen molar-refractivity contribution in [3.63, 3.8) is 0 Å². The molecule has 0 fully saturated rings. The first-order valence-electron chi connectivity index (χ1n) is 6.96. The quantitative estimate of drug-likeness (QED) is 0.861. The molecule has 22 heavy (non-hydrogen) atoms. The summed E-state index contributed by atoms with van der Waals surface area (Å²) in [4.78, 5) is 34.4. The smallest absolute Gasteiger partial charge is 0.255 e. The molecule has 0 saturated heterocycles. The molecule has 2 aromatic carbocycles. The van der Waals surface area contributed by atoms with Crippen LogP contribution in [-0.2, 0) is 11.2 Å². The number of hydrogen-bond acceptors (Lipinski definition) is 3. The van der Waals surface area contributed by atoms with Gasteiger partial charge in [-0.2, -0.15) is 0 Å². The summed E-state index contributed by atoms with van der Waals surface area (Å²) in [5.74, 6) is -0.161. The third-order valence-electron chi connectivity index (χ3n) is 3.22. The van der Waals surface area contributed by atoms with Gasteiger partial charge in [0.25, 0.3) is 5.91 Å². The number of carbonyl (C=O) groups excluding carboxylic acids is 3. The van der Waals surface area contributed by atoms with Crippen molar-refractivity contribution < 1.29 is 14.4 Å². The van der Waals surface area contributed by atoms with E-state index in [0.29, 0.717) is 23.2 Å². The molecule has 0 aromatic heterocycles. The van der Waals surface area contributed by atoms with Gasteiger partial charge in [0.2, 0.25) is 0 Å². The molecular formula is C18H17NO3. The molecule has 2 aromatic rings. The minimum atomic E-state index is -0.232. The van der Waals surface area contributed by atoms with Crippen molar-refractivity contribution in [3.8, 4) is 0 Å². The molecule has 0 unspecified atom stereocenters. The average Bonchev–Trinajstić information content (AvgIpc) is 2.48. The van der Waals surface area contributed by atoms with Crippen molar-refractivity contribution >= 4 is 23.2 Å². The molecule has 0 radical (unpaired) electrons. The highest BCUT2D eigenvalue weighted by Crippen LogP contribution is 2.13. The van der Waals surface area contributed by atoms with Crippen molar-refractivity contribution in [2.75, 3.05) is 5.32 Å². The molecule has 0 aliphatic heterocycles. The second-order valence-corrected chi connectivity index (χ2v) is 5.16. The summed E-state index contributed by atoms with van der Waals surface area (Å²) in [6.45, 7) is 3.03.